The van der Waals surface area contributed by atoms with Gasteiger partial charge in [-0.2, -0.15) is 0 Å². The summed E-state index contributed by atoms with van der Waals surface area (Å²) in [5.41, 5.74) is 2.44. The summed E-state index contributed by atoms with van der Waals surface area (Å²) in [5, 5.41) is 17.6. The maximum Gasteiger partial charge on any atom is 0.408 e. The standard InChI is InChI=1S/C32H41N3O5/c1-20(2)27(34-31(39)40-32(5,6)7)30(38)35(16-17-36)28(25-13-12-21(3)22(4)18-25)29(37)33-26-15-14-23-10-8-9-11-24(23)19-26/h8-15,18-20,27-28,36H,16-17H2,1-7H3,(H,33,37)(H,34,39). The molecule has 2 atom stereocenters. The Kier molecular flexibility index (Phi) is 9.93. The molecule has 0 heterocycles. The van der Waals surface area contributed by atoms with E-state index in [4.69, 9.17) is 4.74 Å². The quantitative estimate of drug-likeness (QED) is 0.328. The second-order valence-electron chi connectivity index (χ2n) is 11.4. The van der Waals surface area contributed by atoms with Gasteiger partial charge >= 0.3 is 6.09 Å². The lowest BCUT2D eigenvalue weighted by Gasteiger charge is -2.35. The number of nitrogens with zero attached hydrogens (tertiary/aromatic N) is 1. The summed E-state index contributed by atoms with van der Waals surface area (Å²) in [4.78, 5) is 42.0. The molecule has 3 amide bonds. The SMILES string of the molecule is Cc1ccc(C(C(=O)Nc2ccc3ccccc3c2)N(CCO)C(=O)C(NC(=O)OC(C)(C)C)C(C)C)cc1C. The molecule has 3 rings (SSSR count). The molecule has 40 heavy (non-hydrogen) atoms. The van der Waals surface area contributed by atoms with Gasteiger partial charge in [0.1, 0.15) is 17.7 Å². The fourth-order valence-corrected chi connectivity index (χ4v) is 4.49. The number of nitrogens with one attached hydrogen (secondary N) is 2. The fraction of sp³-hybridized carbons (Fsp3) is 0.406. The highest BCUT2D eigenvalue weighted by atomic mass is 16.6. The topological polar surface area (TPSA) is 108 Å². The molecule has 0 saturated heterocycles. The minimum Gasteiger partial charge on any atom is -0.444 e. The highest BCUT2D eigenvalue weighted by molar-refractivity contribution is 6.00. The monoisotopic (exact) mass is 547 g/mol. The summed E-state index contributed by atoms with van der Waals surface area (Å²) in [6, 6.07) is 17.0. The summed E-state index contributed by atoms with van der Waals surface area (Å²) in [7, 11) is 0. The van der Waals surface area contributed by atoms with Crippen LogP contribution in [-0.4, -0.2) is 52.7 Å². The lowest BCUT2D eigenvalue weighted by Crippen LogP contribution is -2.55. The number of hydrogen-bond donors (Lipinski definition) is 3. The number of fused-ring (bicyclic) bond motifs is 1. The number of benzene rings is 3. The number of carbonyl (C=O) groups is 3. The Morgan fingerprint density at radius 3 is 2.20 bits per heavy atom. The maximum atomic E-state index is 14.0. The van der Waals surface area contributed by atoms with Gasteiger partial charge in [0.25, 0.3) is 5.91 Å². The Labute approximate surface area is 236 Å². The largest absolute Gasteiger partial charge is 0.444 e. The smallest absolute Gasteiger partial charge is 0.408 e. The van der Waals surface area contributed by atoms with Gasteiger partial charge in [-0.15, -0.1) is 0 Å². The summed E-state index contributed by atoms with van der Waals surface area (Å²) in [6.45, 7) is 12.3. The Bertz CT molecular complexity index is 1360. The van der Waals surface area contributed by atoms with E-state index in [1.807, 2.05) is 74.5 Å². The molecule has 2 unspecified atom stereocenters. The van der Waals surface area contributed by atoms with Crippen LogP contribution in [0.4, 0.5) is 10.5 Å². The number of ether oxygens (including phenoxy) is 1. The normalized spacial score (nSPS) is 13.0. The average molecular weight is 548 g/mol. The van der Waals surface area contributed by atoms with Crippen LogP contribution >= 0.6 is 0 Å². The Hall–Kier alpha value is -3.91. The third-order valence-electron chi connectivity index (χ3n) is 6.65. The van der Waals surface area contributed by atoms with Gasteiger partial charge in [-0.1, -0.05) is 62.4 Å². The molecule has 3 aromatic rings. The number of amides is 3. The molecule has 0 spiro atoms. The number of rotatable bonds is 9. The fourth-order valence-electron chi connectivity index (χ4n) is 4.49. The molecule has 0 aromatic heterocycles. The van der Waals surface area contributed by atoms with E-state index < -0.39 is 35.6 Å². The van der Waals surface area contributed by atoms with Crippen LogP contribution in [0.25, 0.3) is 10.8 Å². The van der Waals surface area contributed by atoms with Crippen LogP contribution < -0.4 is 10.6 Å². The zero-order valence-electron chi connectivity index (χ0n) is 24.4. The zero-order valence-corrected chi connectivity index (χ0v) is 24.4. The average Bonchev–Trinajstić information content (AvgIpc) is 2.87. The lowest BCUT2D eigenvalue weighted by molar-refractivity contribution is -0.142. The number of aliphatic hydroxyl groups excluding tert-OH is 1. The summed E-state index contributed by atoms with van der Waals surface area (Å²) in [5.74, 6) is -1.24. The number of alkyl carbamates (subject to hydrolysis) is 1. The first-order valence-corrected chi connectivity index (χ1v) is 13.6. The van der Waals surface area contributed by atoms with Crippen molar-refractivity contribution in [2.45, 2.75) is 66.2 Å². The molecular formula is C32H41N3O5. The molecule has 3 N–H and O–H groups in total. The highest BCUT2D eigenvalue weighted by Crippen LogP contribution is 2.28. The van der Waals surface area contributed by atoms with E-state index in [2.05, 4.69) is 10.6 Å². The number of hydrogen-bond acceptors (Lipinski definition) is 5. The van der Waals surface area contributed by atoms with Gasteiger partial charge in [0.2, 0.25) is 5.91 Å². The predicted octanol–water partition coefficient (Wildman–Crippen LogP) is 5.51. The van der Waals surface area contributed by atoms with Crippen LogP contribution in [0.15, 0.2) is 60.7 Å². The van der Waals surface area contributed by atoms with Gasteiger partial charge in [0.15, 0.2) is 0 Å². The van der Waals surface area contributed by atoms with E-state index in [0.717, 1.165) is 21.9 Å². The van der Waals surface area contributed by atoms with Crippen LogP contribution in [0.2, 0.25) is 0 Å². The van der Waals surface area contributed by atoms with Crippen molar-refractivity contribution in [2.75, 3.05) is 18.5 Å². The first kappa shape index (κ1) is 30.6. The number of anilines is 1. The maximum absolute atomic E-state index is 14.0. The van der Waals surface area contributed by atoms with E-state index in [0.29, 0.717) is 11.3 Å². The van der Waals surface area contributed by atoms with Crippen LogP contribution in [0.1, 0.15) is 57.4 Å². The zero-order chi connectivity index (χ0) is 29.6. The first-order chi connectivity index (χ1) is 18.8. The summed E-state index contributed by atoms with van der Waals surface area (Å²) in [6.07, 6.45) is -0.730. The van der Waals surface area contributed by atoms with Gasteiger partial charge < -0.3 is 25.4 Å². The molecule has 0 aliphatic carbocycles. The van der Waals surface area contributed by atoms with E-state index in [1.165, 1.54) is 4.90 Å². The van der Waals surface area contributed by atoms with Crippen molar-refractivity contribution < 1.29 is 24.2 Å². The third kappa shape index (κ3) is 7.82. The van der Waals surface area contributed by atoms with Crippen molar-refractivity contribution in [3.05, 3.63) is 77.4 Å². The van der Waals surface area contributed by atoms with Crippen molar-refractivity contribution in [1.29, 1.82) is 0 Å². The molecule has 3 aromatic carbocycles. The molecule has 214 valence electrons. The number of aryl methyl sites for hydroxylation is 2. The number of carbonyl (C=O) groups excluding carboxylic acids is 3. The van der Waals surface area contributed by atoms with Gasteiger partial charge in [0.05, 0.1) is 6.61 Å². The first-order valence-electron chi connectivity index (χ1n) is 13.6. The summed E-state index contributed by atoms with van der Waals surface area (Å²) < 4.78 is 5.39. The van der Waals surface area contributed by atoms with Crippen LogP contribution in [0.5, 0.6) is 0 Å². The van der Waals surface area contributed by atoms with Gasteiger partial charge in [0, 0.05) is 12.2 Å². The highest BCUT2D eigenvalue weighted by Gasteiger charge is 2.37. The second kappa shape index (κ2) is 13.0. The molecule has 0 aliphatic heterocycles. The molecule has 8 nitrogen and oxygen atoms in total. The predicted molar refractivity (Wildman–Crippen MR) is 158 cm³/mol. The van der Waals surface area contributed by atoms with Crippen LogP contribution in [-0.2, 0) is 14.3 Å². The van der Waals surface area contributed by atoms with E-state index in [9.17, 15) is 19.5 Å². The van der Waals surface area contributed by atoms with Crippen molar-refractivity contribution in [3.8, 4) is 0 Å². The second-order valence-corrected chi connectivity index (χ2v) is 11.4. The van der Waals surface area contributed by atoms with Crippen molar-refractivity contribution >= 4 is 34.4 Å². The molecule has 0 aliphatic rings. The van der Waals surface area contributed by atoms with Crippen molar-refractivity contribution in [3.63, 3.8) is 0 Å². The van der Waals surface area contributed by atoms with Gasteiger partial charge in [-0.05, 0) is 80.1 Å². The van der Waals surface area contributed by atoms with Crippen molar-refractivity contribution in [2.24, 2.45) is 5.92 Å². The minimum absolute atomic E-state index is 0.110. The lowest BCUT2D eigenvalue weighted by atomic mass is 9.96. The molecule has 8 heteroatoms. The minimum atomic E-state index is -1.06. The van der Waals surface area contributed by atoms with Crippen LogP contribution in [0.3, 0.4) is 0 Å². The Morgan fingerprint density at radius 1 is 0.925 bits per heavy atom. The van der Waals surface area contributed by atoms with Crippen molar-refractivity contribution in [1.82, 2.24) is 10.2 Å². The molecule has 0 radical (unpaired) electrons. The molecular weight excluding hydrogens is 506 g/mol. The van der Waals surface area contributed by atoms with E-state index in [-0.39, 0.29) is 19.1 Å². The Morgan fingerprint density at radius 2 is 1.60 bits per heavy atom. The van der Waals surface area contributed by atoms with E-state index in [1.54, 1.807) is 34.6 Å². The Balaban J connectivity index is 2.02. The van der Waals surface area contributed by atoms with Gasteiger partial charge in [-0.3, -0.25) is 9.59 Å². The molecule has 0 bridgehead atoms. The van der Waals surface area contributed by atoms with Gasteiger partial charge in [-0.25, -0.2) is 4.79 Å². The summed E-state index contributed by atoms with van der Waals surface area (Å²) >= 11 is 0. The molecule has 0 saturated carbocycles. The van der Waals surface area contributed by atoms with E-state index >= 15 is 0 Å². The number of aliphatic hydroxyl groups is 1. The third-order valence-corrected chi connectivity index (χ3v) is 6.65. The molecule has 0 fully saturated rings. The van der Waals surface area contributed by atoms with Crippen LogP contribution in [0, 0.1) is 19.8 Å².